The number of unbranched alkanes of at least 4 members (excludes halogenated alkanes) is 2. The fourth-order valence-electron chi connectivity index (χ4n) is 1.54. The van der Waals surface area contributed by atoms with Crippen molar-refractivity contribution < 1.29 is 4.42 Å². The van der Waals surface area contributed by atoms with Gasteiger partial charge >= 0.3 is 0 Å². The third kappa shape index (κ3) is 4.27. The molecule has 1 rings (SSSR count). The Morgan fingerprint density at radius 2 is 2.00 bits per heavy atom. The molecule has 0 spiro atoms. The lowest BCUT2D eigenvalue weighted by molar-refractivity contribution is 0.425. The Hall–Kier alpha value is -0.470. The first-order chi connectivity index (χ1) is 6.65. The molecule has 1 aromatic heterocycles. The van der Waals surface area contributed by atoms with E-state index in [2.05, 4.69) is 19.9 Å². The number of hydrogen-bond acceptors (Lipinski definition) is 2. The molecule has 88 valence electrons. The third-order valence-corrected chi connectivity index (χ3v) is 2.67. The smallest absolute Gasteiger partial charge is 0.121 e. The second kappa shape index (κ2) is 6.91. The van der Waals surface area contributed by atoms with Crippen LogP contribution in [0.25, 0.3) is 0 Å². The number of hydrogen-bond donors (Lipinski definition) is 1. The van der Waals surface area contributed by atoms with Crippen LogP contribution in [0.2, 0.25) is 0 Å². The molecule has 0 saturated carbocycles. The molecule has 1 atom stereocenters. The van der Waals surface area contributed by atoms with E-state index in [1.165, 1.54) is 24.8 Å². The van der Waals surface area contributed by atoms with Crippen molar-refractivity contribution in [1.82, 2.24) is 0 Å². The minimum absolute atomic E-state index is 0. The summed E-state index contributed by atoms with van der Waals surface area (Å²) in [5.74, 6) is 1.93. The lowest BCUT2D eigenvalue weighted by Crippen LogP contribution is -2.08. The molecule has 0 aliphatic heterocycles. The molecule has 2 nitrogen and oxygen atoms in total. The van der Waals surface area contributed by atoms with Crippen molar-refractivity contribution in [3.63, 3.8) is 0 Å². The van der Waals surface area contributed by atoms with Crippen molar-refractivity contribution in [2.45, 2.75) is 52.5 Å². The topological polar surface area (TPSA) is 39.2 Å². The maximum absolute atomic E-state index is 6.02. The molecule has 0 aliphatic carbocycles. The zero-order valence-electron chi connectivity index (χ0n) is 9.88. The summed E-state index contributed by atoms with van der Waals surface area (Å²) in [6.07, 6.45) is 4.71. The summed E-state index contributed by atoms with van der Waals surface area (Å²) >= 11 is 0. The molecule has 0 aliphatic rings. The second-order valence-corrected chi connectivity index (χ2v) is 3.99. The van der Waals surface area contributed by atoms with E-state index in [0.29, 0.717) is 0 Å². The number of rotatable bonds is 5. The van der Waals surface area contributed by atoms with Gasteiger partial charge in [0.25, 0.3) is 0 Å². The zero-order chi connectivity index (χ0) is 10.6. The second-order valence-electron chi connectivity index (χ2n) is 3.99. The van der Waals surface area contributed by atoms with Gasteiger partial charge in [0, 0.05) is 0 Å². The normalized spacial score (nSPS) is 12.3. The first kappa shape index (κ1) is 14.5. The van der Waals surface area contributed by atoms with E-state index in [0.717, 1.165) is 17.9 Å². The summed E-state index contributed by atoms with van der Waals surface area (Å²) in [6.45, 7) is 6.24. The van der Waals surface area contributed by atoms with Gasteiger partial charge < -0.3 is 10.2 Å². The Morgan fingerprint density at radius 1 is 1.33 bits per heavy atom. The molecule has 0 unspecified atom stereocenters. The van der Waals surface area contributed by atoms with Crippen LogP contribution in [-0.4, -0.2) is 0 Å². The van der Waals surface area contributed by atoms with E-state index < -0.39 is 0 Å². The molecule has 1 heterocycles. The Bertz CT molecular complexity index is 264. The average Bonchev–Trinajstić information content (AvgIpc) is 2.47. The summed E-state index contributed by atoms with van der Waals surface area (Å²) in [5.41, 5.74) is 7.22. The molecule has 1 aromatic rings. The lowest BCUT2D eigenvalue weighted by atomic mass is 10.1. The van der Waals surface area contributed by atoms with Crippen LogP contribution >= 0.6 is 12.4 Å². The quantitative estimate of drug-likeness (QED) is 0.781. The molecular formula is C12H22ClNO. The van der Waals surface area contributed by atoms with Crippen molar-refractivity contribution in [3.05, 3.63) is 23.2 Å². The number of furan rings is 1. The largest absolute Gasteiger partial charge is 0.464 e. The molecule has 0 saturated heterocycles. The van der Waals surface area contributed by atoms with Crippen LogP contribution in [0.1, 0.15) is 55.7 Å². The van der Waals surface area contributed by atoms with Crippen LogP contribution in [0.4, 0.5) is 0 Å². The molecule has 2 N–H and O–H groups in total. The van der Waals surface area contributed by atoms with Gasteiger partial charge in [-0.25, -0.2) is 0 Å². The van der Waals surface area contributed by atoms with Crippen molar-refractivity contribution >= 4 is 12.4 Å². The molecule has 0 aromatic carbocycles. The molecule has 0 fully saturated rings. The SMILES string of the molecule is CCCCC[C@H](N)c1cc(C)c(C)o1.Cl. The summed E-state index contributed by atoms with van der Waals surface area (Å²) in [4.78, 5) is 0. The van der Waals surface area contributed by atoms with Crippen molar-refractivity contribution in [1.29, 1.82) is 0 Å². The minimum atomic E-state index is 0. The average molecular weight is 232 g/mol. The highest BCUT2D eigenvalue weighted by Gasteiger charge is 2.11. The van der Waals surface area contributed by atoms with Crippen molar-refractivity contribution in [2.24, 2.45) is 5.73 Å². The lowest BCUT2D eigenvalue weighted by Gasteiger charge is -2.07. The van der Waals surface area contributed by atoms with Crippen LogP contribution in [-0.2, 0) is 0 Å². The van der Waals surface area contributed by atoms with Crippen molar-refractivity contribution in [2.75, 3.05) is 0 Å². The minimum Gasteiger partial charge on any atom is -0.464 e. The molecule has 3 heteroatoms. The summed E-state index contributed by atoms with van der Waals surface area (Å²) in [5, 5.41) is 0. The summed E-state index contributed by atoms with van der Waals surface area (Å²) in [6, 6.07) is 2.14. The maximum Gasteiger partial charge on any atom is 0.121 e. The van der Waals surface area contributed by atoms with Gasteiger partial charge in [0.15, 0.2) is 0 Å². The Labute approximate surface area is 98.6 Å². The zero-order valence-corrected chi connectivity index (χ0v) is 10.7. The standard InChI is InChI=1S/C12H21NO.ClH/c1-4-5-6-7-11(13)12-8-9(2)10(3)14-12;/h8,11H,4-7,13H2,1-3H3;1H/t11-;/m0./s1. The fourth-order valence-corrected chi connectivity index (χ4v) is 1.54. The van der Waals surface area contributed by atoms with Gasteiger partial charge in [0.05, 0.1) is 6.04 Å². The highest BCUT2D eigenvalue weighted by molar-refractivity contribution is 5.85. The molecule has 15 heavy (non-hydrogen) atoms. The predicted octanol–water partition coefficient (Wildman–Crippen LogP) is 3.90. The van der Waals surface area contributed by atoms with E-state index in [1.807, 2.05) is 6.92 Å². The maximum atomic E-state index is 6.02. The van der Waals surface area contributed by atoms with Crippen LogP contribution in [0.5, 0.6) is 0 Å². The van der Waals surface area contributed by atoms with Crippen LogP contribution in [0, 0.1) is 13.8 Å². The van der Waals surface area contributed by atoms with Gasteiger partial charge in [0.2, 0.25) is 0 Å². The third-order valence-electron chi connectivity index (χ3n) is 2.67. The number of halogens is 1. The monoisotopic (exact) mass is 231 g/mol. The van der Waals surface area contributed by atoms with Gasteiger partial charge in [0.1, 0.15) is 11.5 Å². The Kier molecular flexibility index (Phi) is 6.70. The van der Waals surface area contributed by atoms with Crippen LogP contribution < -0.4 is 5.73 Å². The van der Waals surface area contributed by atoms with Gasteiger partial charge in [-0.15, -0.1) is 12.4 Å². The van der Waals surface area contributed by atoms with Crippen LogP contribution in [0.3, 0.4) is 0 Å². The number of aryl methyl sites for hydroxylation is 2. The van der Waals surface area contributed by atoms with Crippen molar-refractivity contribution in [3.8, 4) is 0 Å². The first-order valence-corrected chi connectivity index (χ1v) is 5.47. The summed E-state index contributed by atoms with van der Waals surface area (Å²) < 4.78 is 5.58. The van der Waals surface area contributed by atoms with E-state index >= 15 is 0 Å². The van der Waals surface area contributed by atoms with Gasteiger partial charge in [-0.05, 0) is 31.9 Å². The van der Waals surface area contributed by atoms with E-state index in [9.17, 15) is 0 Å². The Morgan fingerprint density at radius 3 is 2.47 bits per heavy atom. The number of nitrogens with two attached hydrogens (primary N) is 1. The fraction of sp³-hybridized carbons (Fsp3) is 0.667. The predicted molar refractivity (Wildman–Crippen MR) is 66.5 cm³/mol. The van der Waals surface area contributed by atoms with Gasteiger partial charge in [-0.1, -0.05) is 26.2 Å². The summed E-state index contributed by atoms with van der Waals surface area (Å²) in [7, 11) is 0. The molecule has 0 amide bonds. The van der Waals surface area contributed by atoms with E-state index in [1.54, 1.807) is 0 Å². The molecule has 0 radical (unpaired) electrons. The van der Waals surface area contributed by atoms with E-state index in [-0.39, 0.29) is 18.4 Å². The van der Waals surface area contributed by atoms with Gasteiger partial charge in [-0.2, -0.15) is 0 Å². The molecular weight excluding hydrogens is 210 g/mol. The highest BCUT2D eigenvalue weighted by Crippen LogP contribution is 2.22. The van der Waals surface area contributed by atoms with Gasteiger partial charge in [-0.3, -0.25) is 0 Å². The molecule has 0 bridgehead atoms. The van der Waals surface area contributed by atoms with Crippen LogP contribution in [0.15, 0.2) is 10.5 Å². The highest BCUT2D eigenvalue weighted by atomic mass is 35.5. The Balaban J connectivity index is 0.00000196. The van der Waals surface area contributed by atoms with E-state index in [4.69, 9.17) is 10.2 Å². The first-order valence-electron chi connectivity index (χ1n) is 5.47.